The smallest absolute Gasteiger partial charge is 0.168 e. The minimum atomic E-state index is 0.449. The highest BCUT2D eigenvalue weighted by Gasteiger charge is 2.10. The average molecular weight is 537 g/mol. The zero-order valence-corrected chi connectivity index (χ0v) is 22.6. The van der Waals surface area contributed by atoms with Crippen molar-refractivity contribution in [2.45, 2.75) is 23.1 Å². The normalized spacial score (nSPS) is 11.0. The monoisotopic (exact) mass is 536 g/mol. The molecule has 0 aliphatic carbocycles. The SMILES string of the molecule is CCCSc1cc(C=O)nc2c1ccc1cccnc12.CSc1cc(C=O)nc2c1ccc1cccnc12. The lowest BCUT2D eigenvalue weighted by Gasteiger charge is -2.08. The fraction of sp³-hybridized carbons (Fsp3) is 0.133. The van der Waals surface area contributed by atoms with Gasteiger partial charge in [0.25, 0.3) is 0 Å². The fourth-order valence-electron chi connectivity index (χ4n) is 4.25. The van der Waals surface area contributed by atoms with Crippen LogP contribution >= 0.6 is 23.5 Å². The summed E-state index contributed by atoms with van der Waals surface area (Å²) in [5.41, 5.74) is 4.22. The summed E-state index contributed by atoms with van der Waals surface area (Å²) in [6.45, 7) is 2.15. The van der Waals surface area contributed by atoms with Crippen LogP contribution in [-0.4, -0.2) is 44.5 Å². The second-order valence-corrected chi connectivity index (χ2v) is 10.4. The van der Waals surface area contributed by atoms with E-state index in [-0.39, 0.29) is 0 Å². The number of hydrogen-bond donors (Lipinski definition) is 0. The van der Waals surface area contributed by atoms with Gasteiger partial charge in [0.05, 0.1) is 22.1 Å². The molecule has 0 N–H and O–H groups in total. The number of carbonyl (C=O) groups is 2. The van der Waals surface area contributed by atoms with Crippen LogP contribution < -0.4 is 0 Å². The van der Waals surface area contributed by atoms with Crippen molar-refractivity contribution in [1.29, 1.82) is 0 Å². The molecule has 0 spiro atoms. The number of thioether (sulfide) groups is 2. The molecule has 4 heterocycles. The Morgan fingerprint density at radius 2 is 1.24 bits per heavy atom. The van der Waals surface area contributed by atoms with Crippen LogP contribution in [0.3, 0.4) is 0 Å². The first-order valence-electron chi connectivity index (χ1n) is 12.1. The number of carbonyl (C=O) groups excluding carboxylic acids is 2. The van der Waals surface area contributed by atoms with E-state index in [4.69, 9.17) is 0 Å². The van der Waals surface area contributed by atoms with Crippen LogP contribution in [0.25, 0.3) is 43.6 Å². The number of hydrogen-bond acceptors (Lipinski definition) is 8. The Morgan fingerprint density at radius 1 is 0.711 bits per heavy atom. The van der Waals surface area contributed by atoms with Crippen LogP contribution in [0.4, 0.5) is 0 Å². The number of nitrogens with zero attached hydrogens (tertiary/aromatic N) is 4. The Bertz CT molecular complexity index is 1810. The number of fused-ring (bicyclic) bond motifs is 6. The molecule has 0 radical (unpaired) electrons. The predicted molar refractivity (Wildman–Crippen MR) is 158 cm³/mol. The molecule has 188 valence electrons. The molecule has 0 fully saturated rings. The van der Waals surface area contributed by atoms with Gasteiger partial charge in [-0.05, 0) is 42.7 Å². The van der Waals surface area contributed by atoms with E-state index in [9.17, 15) is 9.59 Å². The van der Waals surface area contributed by atoms with Gasteiger partial charge in [0.15, 0.2) is 12.6 Å². The van der Waals surface area contributed by atoms with Gasteiger partial charge >= 0.3 is 0 Å². The third-order valence-corrected chi connectivity index (χ3v) is 8.03. The summed E-state index contributed by atoms with van der Waals surface area (Å²) < 4.78 is 0. The molecule has 0 aliphatic heterocycles. The molecule has 38 heavy (non-hydrogen) atoms. The van der Waals surface area contributed by atoms with E-state index in [0.29, 0.717) is 11.4 Å². The highest BCUT2D eigenvalue weighted by atomic mass is 32.2. The van der Waals surface area contributed by atoms with Gasteiger partial charge < -0.3 is 0 Å². The highest BCUT2D eigenvalue weighted by molar-refractivity contribution is 7.99. The third kappa shape index (κ3) is 5.10. The highest BCUT2D eigenvalue weighted by Crippen LogP contribution is 2.32. The maximum atomic E-state index is 11.1. The van der Waals surface area contributed by atoms with E-state index in [0.717, 1.165) is 78.1 Å². The second kappa shape index (κ2) is 11.7. The van der Waals surface area contributed by atoms with Crippen molar-refractivity contribution in [1.82, 2.24) is 19.9 Å². The maximum absolute atomic E-state index is 11.1. The van der Waals surface area contributed by atoms with Gasteiger partial charge in [-0.3, -0.25) is 19.6 Å². The number of rotatable bonds is 6. The van der Waals surface area contributed by atoms with E-state index in [1.54, 1.807) is 35.9 Å². The van der Waals surface area contributed by atoms with Crippen molar-refractivity contribution in [2.75, 3.05) is 12.0 Å². The first-order valence-corrected chi connectivity index (χ1v) is 14.3. The molecule has 0 bridgehead atoms. The van der Waals surface area contributed by atoms with Crippen LogP contribution in [0.15, 0.2) is 82.8 Å². The summed E-state index contributed by atoms with van der Waals surface area (Å²) >= 11 is 3.37. The number of aldehydes is 2. The largest absolute Gasteiger partial charge is 0.296 e. The van der Waals surface area contributed by atoms with E-state index >= 15 is 0 Å². The van der Waals surface area contributed by atoms with Gasteiger partial charge in [0.1, 0.15) is 11.4 Å². The molecule has 0 saturated carbocycles. The molecule has 0 aliphatic rings. The van der Waals surface area contributed by atoms with Gasteiger partial charge in [0.2, 0.25) is 0 Å². The van der Waals surface area contributed by atoms with Crippen LogP contribution in [0.2, 0.25) is 0 Å². The Balaban J connectivity index is 0.000000156. The van der Waals surface area contributed by atoms with Crippen LogP contribution in [-0.2, 0) is 0 Å². The Kier molecular flexibility index (Phi) is 7.91. The van der Waals surface area contributed by atoms with Gasteiger partial charge in [-0.1, -0.05) is 43.3 Å². The van der Waals surface area contributed by atoms with Crippen molar-refractivity contribution in [2.24, 2.45) is 0 Å². The van der Waals surface area contributed by atoms with Gasteiger partial charge in [-0.15, -0.1) is 23.5 Å². The minimum Gasteiger partial charge on any atom is -0.296 e. The summed E-state index contributed by atoms with van der Waals surface area (Å²) in [6.07, 6.45) is 8.17. The Labute approximate surface area is 228 Å². The van der Waals surface area contributed by atoms with E-state index < -0.39 is 0 Å². The van der Waals surface area contributed by atoms with Gasteiger partial charge in [0, 0.05) is 43.7 Å². The molecule has 0 unspecified atom stereocenters. The summed E-state index contributed by atoms with van der Waals surface area (Å²) in [5, 5.41) is 4.19. The first-order chi connectivity index (χ1) is 18.7. The molecule has 2 aromatic carbocycles. The summed E-state index contributed by atoms with van der Waals surface area (Å²) in [6, 6.07) is 19.7. The molecule has 4 aromatic heterocycles. The molecule has 0 saturated heterocycles. The molecule has 8 heteroatoms. The van der Waals surface area contributed by atoms with Crippen molar-refractivity contribution in [3.05, 3.63) is 84.4 Å². The predicted octanol–water partition coefficient (Wildman–Crippen LogP) is 7.42. The molecule has 6 nitrogen and oxygen atoms in total. The number of aromatic nitrogens is 4. The lowest BCUT2D eigenvalue weighted by molar-refractivity contribution is 0.111. The topological polar surface area (TPSA) is 85.7 Å². The lowest BCUT2D eigenvalue weighted by Crippen LogP contribution is -1.93. The van der Waals surface area contributed by atoms with Crippen molar-refractivity contribution >= 4 is 79.7 Å². The fourth-order valence-corrected chi connectivity index (χ4v) is 5.82. The number of benzene rings is 2. The number of pyridine rings is 4. The lowest BCUT2D eigenvalue weighted by atomic mass is 10.1. The van der Waals surface area contributed by atoms with Crippen LogP contribution in [0, 0.1) is 0 Å². The quantitative estimate of drug-likeness (QED) is 0.124. The molecule has 0 atom stereocenters. The van der Waals surface area contributed by atoms with E-state index in [2.05, 4.69) is 39.0 Å². The van der Waals surface area contributed by atoms with Gasteiger partial charge in [-0.25, -0.2) is 9.97 Å². The zero-order valence-electron chi connectivity index (χ0n) is 20.9. The Morgan fingerprint density at radius 3 is 1.74 bits per heavy atom. The summed E-state index contributed by atoms with van der Waals surface area (Å²) in [7, 11) is 0. The van der Waals surface area contributed by atoms with E-state index in [1.165, 1.54) is 0 Å². The minimum absolute atomic E-state index is 0.449. The molecule has 6 aromatic rings. The summed E-state index contributed by atoms with van der Waals surface area (Å²) in [5.74, 6) is 1.03. The average Bonchev–Trinajstić information content (AvgIpc) is 2.99. The maximum Gasteiger partial charge on any atom is 0.168 e. The standard InChI is InChI=1S/C16H14N2OS.C14H10N2OS/c1-2-8-20-14-9-12(10-19)18-16-13(14)6-5-11-4-3-7-17-15(11)16;1-18-12-7-10(8-17)16-14-11(12)5-4-9-3-2-6-15-13(9)14/h3-7,9-10H,2,8H2,1H3;2-8H,1H3. The van der Waals surface area contributed by atoms with Crippen molar-refractivity contribution in [3.63, 3.8) is 0 Å². The molecule has 0 amide bonds. The molecular formula is C30H24N4O2S2. The van der Waals surface area contributed by atoms with E-state index in [1.807, 2.05) is 54.8 Å². The van der Waals surface area contributed by atoms with Crippen molar-refractivity contribution < 1.29 is 9.59 Å². The van der Waals surface area contributed by atoms with Crippen LogP contribution in [0.5, 0.6) is 0 Å². The molecule has 6 rings (SSSR count). The Hall–Kier alpha value is -3.88. The summed E-state index contributed by atoms with van der Waals surface area (Å²) in [4.78, 5) is 41.9. The van der Waals surface area contributed by atoms with Crippen molar-refractivity contribution in [3.8, 4) is 0 Å². The first kappa shape index (κ1) is 25.8. The second-order valence-electron chi connectivity index (χ2n) is 8.45. The van der Waals surface area contributed by atoms with Crippen LogP contribution in [0.1, 0.15) is 34.3 Å². The zero-order chi connectivity index (χ0) is 26.5. The van der Waals surface area contributed by atoms with Gasteiger partial charge in [-0.2, -0.15) is 0 Å². The molecular weight excluding hydrogens is 512 g/mol. The third-order valence-electron chi connectivity index (χ3n) is 5.99.